The molecule has 26 heteroatoms. The zero-order valence-corrected chi connectivity index (χ0v) is 62.8. The van der Waals surface area contributed by atoms with Gasteiger partial charge in [-0.1, -0.05) is 162 Å². The lowest BCUT2D eigenvalue weighted by Crippen LogP contribution is -2.14. The quantitative estimate of drug-likeness (QED) is 0.0675. The van der Waals surface area contributed by atoms with Crippen LogP contribution in [0, 0.1) is 0 Å². The number of hydrogen-bond acceptors (Lipinski definition) is 4. The Balaban J connectivity index is 0.000000137. The van der Waals surface area contributed by atoms with Gasteiger partial charge in [0.15, 0.2) is 0 Å². The number of fused-ring (bicyclic) bond motifs is 5. The van der Waals surface area contributed by atoms with Crippen molar-refractivity contribution in [1.29, 1.82) is 0 Å². The standard InChI is InChI=1S/C24H17ClF3NO2.C23H15ClF3NO2.C17H13ClF3NO.C16H11ClF3N.C8H7N/c1-31-23(30)15-9-11-17(12-10-15)29-14-16(18-5-2-3-8-22(18)29)13-19-20(24(26,27)28)6-4-7-21(19)25;24-20-6-3-5-19(23(25,26)27)18(20)12-15-13-28(21-7-2-1-4-17(15)21)16-10-8-14(9-11-16)22(29)30;1-23-16(11-9-22-14-8-3-2-5-10(11)14)15-12(17(19,20)21)6-4-7-13(15)18;17-14-6-3-5-13(16(18,19)20)12(14)8-10-9-21-15-7-2-1-4-11(10)15;1-2-4-8-7(3-1)5-6-9-8/h2-12,14H,13H2,1H3;1-11,13H,12H2,(H,29,30);2-9,16,22H,1H3;1-7,9,21H,8H2;1-6,9H. The van der Waals surface area contributed by atoms with Gasteiger partial charge in [-0.05, 0) is 172 Å². The number of hydrogen-bond donors (Lipinski definition) is 4. The fourth-order valence-electron chi connectivity index (χ4n) is 13.5. The third-order valence-corrected chi connectivity index (χ3v) is 20.2. The van der Waals surface area contributed by atoms with E-state index >= 15 is 0 Å². The lowest BCUT2D eigenvalue weighted by Gasteiger charge is -2.21. The maximum absolute atomic E-state index is 13.5. The summed E-state index contributed by atoms with van der Waals surface area (Å²) < 4.78 is 174. The van der Waals surface area contributed by atoms with Crippen LogP contribution in [-0.4, -0.2) is 55.4 Å². The van der Waals surface area contributed by atoms with E-state index in [0.29, 0.717) is 27.9 Å². The highest BCUT2D eigenvalue weighted by molar-refractivity contribution is 6.32. The van der Waals surface area contributed by atoms with Gasteiger partial charge in [-0.2, -0.15) is 52.7 Å². The Morgan fingerprint density at radius 3 is 1.23 bits per heavy atom. The average Bonchev–Trinajstić information content (AvgIpc) is 1.55. The van der Waals surface area contributed by atoms with Crippen LogP contribution < -0.4 is 0 Å². The Bertz CT molecular complexity index is 6070. The molecule has 0 saturated carbocycles. The lowest BCUT2D eigenvalue weighted by atomic mass is 9.95. The summed E-state index contributed by atoms with van der Waals surface area (Å²) in [5.41, 5.74) is 6.55. The second-order valence-electron chi connectivity index (χ2n) is 25.8. The number of nitrogens with one attached hydrogen (secondary N) is 3. The molecule has 11 aromatic carbocycles. The molecule has 0 amide bonds. The molecule has 1 atom stereocenters. The number of methoxy groups -OCH3 is 2. The van der Waals surface area contributed by atoms with Crippen LogP contribution in [-0.2, 0) is 53.4 Å². The molecular formula is C88H63Cl4F12N5O5. The van der Waals surface area contributed by atoms with Crippen molar-refractivity contribution < 1.29 is 76.9 Å². The zero-order chi connectivity index (χ0) is 81.4. The molecular weight excluding hydrogens is 1580 g/mol. The number of rotatable bonds is 13. The van der Waals surface area contributed by atoms with Crippen molar-refractivity contribution in [2.24, 2.45) is 0 Å². The first-order valence-electron chi connectivity index (χ1n) is 34.7. The van der Waals surface area contributed by atoms with Gasteiger partial charge in [-0.3, -0.25) is 0 Å². The van der Waals surface area contributed by atoms with E-state index in [9.17, 15) is 62.3 Å². The van der Waals surface area contributed by atoms with Crippen LogP contribution in [0.25, 0.3) is 65.9 Å². The van der Waals surface area contributed by atoms with Gasteiger partial charge in [0, 0.05) is 138 Å². The number of nitrogens with zero attached hydrogens (tertiary/aromatic N) is 2. The van der Waals surface area contributed by atoms with Crippen LogP contribution in [0.5, 0.6) is 0 Å². The van der Waals surface area contributed by atoms with Crippen LogP contribution in [0.15, 0.2) is 280 Å². The molecule has 1 unspecified atom stereocenters. The largest absolute Gasteiger partial charge is 0.478 e. The molecule has 582 valence electrons. The van der Waals surface area contributed by atoms with Crippen LogP contribution >= 0.6 is 46.4 Å². The molecule has 5 aromatic heterocycles. The molecule has 0 bridgehead atoms. The lowest BCUT2D eigenvalue weighted by molar-refractivity contribution is -0.139. The van der Waals surface area contributed by atoms with Gasteiger partial charge in [0.05, 0.1) is 51.5 Å². The topological polar surface area (TPSA) is 130 Å². The Hall–Kier alpha value is -11.7. The summed E-state index contributed by atoms with van der Waals surface area (Å²) in [7, 11) is 2.68. The number of halogens is 16. The summed E-state index contributed by atoms with van der Waals surface area (Å²) in [6.45, 7) is 0. The third-order valence-electron chi connectivity index (χ3n) is 18.8. The molecule has 4 N–H and O–H groups in total. The Labute approximate surface area is 663 Å². The fourth-order valence-corrected chi connectivity index (χ4v) is 14.5. The first kappa shape index (κ1) is 81.8. The molecule has 16 aromatic rings. The second kappa shape index (κ2) is 34.8. The number of para-hydroxylation sites is 5. The Kier molecular flexibility index (Phi) is 24.9. The Morgan fingerprint density at radius 2 is 0.781 bits per heavy atom. The maximum Gasteiger partial charge on any atom is 0.416 e. The van der Waals surface area contributed by atoms with Crippen molar-refractivity contribution >= 4 is 113 Å². The van der Waals surface area contributed by atoms with Gasteiger partial charge in [0.2, 0.25) is 0 Å². The Morgan fingerprint density at radius 1 is 0.395 bits per heavy atom. The van der Waals surface area contributed by atoms with E-state index in [4.69, 9.17) is 61.0 Å². The first-order valence-corrected chi connectivity index (χ1v) is 36.2. The summed E-state index contributed by atoms with van der Waals surface area (Å²) in [5.74, 6) is -1.47. The summed E-state index contributed by atoms with van der Waals surface area (Å²) in [4.78, 5) is 32.0. The van der Waals surface area contributed by atoms with E-state index < -0.39 is 65.0 Å². The second-order valence-corrected chi connectivity index (χ2v) is 27.5. The molecule has 0 aliphatic heterocycles. The molecule has 0 fully saturated rings. The van der Waals surface area contributed by atoms with Crippen molar-refractivity contribution in [3.8, 4) is 11.4 Å². The van der Waals surface area contributed by atoms with Crippen LogP contribution in [0.2, 0.25) is 20.1 Å². The number of carboxylic acid groups (broad SMARTS) is 1. The monoisotopic (exact) mass is 1640 g/mol. The van der Waals surface area contributed by atoms with Gasteiger partial charge < -0.3 is 38.7 Å². The predicted octanol–water partition coefficient (Wildman–Crippen LogP) is 26.4. The molecule has 0 saturated heterocycles. The van der Waals surface area contributed by atoms with Crippen LogP contribution in [0.1, 0.15) is 93.6 Å². The van der Waals surface area contributed by atoms with E-state index in [1.54, 1.807) is 61.2 Å². The minimum Gasteiger partial charge on any atom is -0.478 e. The van der Waals surface area contributed by atoms with Crippen molar-refractivity contribution in [1.82, 2.24) is 24.1 Å². The number of aromatic nitrogens is 5. The van der Waals surface area contributed by atoms with Crippen molar-refractivity contribution in [3.63, 3.8) is 0 Å². The van der Waals surface area contributed by atoms with Gasteiger partial charge in [0.1, 0.15) is 6.10 Å². The van der Waals surface area contributed by atoms with Gasteiger partial charge in [-0.25, -0.2) is 9.59 Å². The van der Waals surface area contributed by atoms with E-state index in [0.717, 1.165) is 79.1 Å². The molecule has 10 nitrogen and oxygen atoms in total. The number of H-pyrrole nitrogens is 3. The molecule has 0 radical (unpaired) electrons. The van der Waals surface area contributed by atoms with Crippen molar-refractivity contribution in [2.75, 3.05) is 14.2 Å². The number of ether oxygens (including phenoxy) is 2. The van der Waals surface area contributed by atoms with E-state index in [1.165, 1.54) is 85.8 Å². The number of carbonyl (C=O) groups is 2. The molecule has 5 heterocycles. The normalized spacial score (nSPS) is 12.0. The highest BCUT2D eigenvalue weighted by Gasteiger charge is 2.39. The number of alkyl halides is 12. The van der Waals surface area contributed by atoms with E-state index in [2.05, 4.69) is 33.2 Å². The summed E-state index contributed by atoms with van der Waals surface area (Å²) >= 11 is 24.4. The number of benzene rings is 11. The summed E-state index contributed by atoms with van der Waals surface area (Å²) in [5, 5.41) is 14.0. The molecule has 0 aliphatic carbocycles. The molecule has 0 aliphatic rings. The smallest absolute Gasteiger partial charge is 0.416 e. The highest BCUT2D eigenvalue weighted by Crippen LogP contribution is 2.45. The minimum atomic E-state index is -4.51. The van der Waals surface area contributed by atoms with Crippen molar-refractivity contribution in [2.45, 2.75) is 50.1 Å². The fraction of sp³-hybridized carbons (Fsp3) is 0.114. The number of esters is 1. The van der Waals surface area contributed by atoms with E-state index in [1.807, 2.05) is 125 Å². The molecule has 114 heavy (non-hydrogen) atoms. The summed E-state index contributed by atoms with van der Waals surface area (Å²) in [6.07, 6.45) is -9.76. The zero-order valence-electron chi connectivity index (χ0n) is 59.8. The maximum atomic E-state index is 13.5. The SMILES string of the molecule is COC(=O)c1ccc(-n2cc(Cc3c(Cl)cccc3C(F)(F)F)c3ccccc32)cc1.COC(c1c(Cl)cccc1C(F)(F)F)c1c[nH]c2ccccc12.FC(F)(F)c1cccc(Cl)c1Cc1c[nH]c2ccccc12.O=C(O)c1ccc(-n2cc(Cc3c(Cl)cccc3C(F)(F)F)c3ccccc32)cc1.c1ccc2[nH]ccc2c1. The molecule has 0 spiro atoms. The van der Waals surface area contributed by atoms with Crippen molar-refractivity contribution in [3.05, 3.63) is 378 Å². The predicted molar refractivity (Wildman–Crippen MR) is 423 cm³/mol. The van der Waals surface area contributed by atoms with Gasteiger partial charge >= 0.3 is 36.6 Å². The van der Waals surface area contributed by atoms with Crippen LogP contribution in [0.4, 0.5) is 52.7 Å². The highest BCUT2D eigenvalue weighted by atomic mass is 35.5. The molecule has 16 rings (SSSR count). The number of carboxylic acids is 1. The van der Waals surface area contributed by atoms with E-state index in [-0.39, 0.29) is 67.2 Å². The minimum absolute atomic E-state index is 0.00917. The number of aromatic amines is 3. The summed E-state index contributed by atoms with van der Waals surface area (Å²) in [6, 6.07) is 68.3. The number of carbonyl (C=O) groups excluding carboxylic acids is 1. The first-order chi connectivity index (χ1) is 54.4. The number of aromatic carboxylic acids is 1. The third kappa shape index (κ3) is 18.5. The van der Waals surface area contributed by atoms with Gasteiger partial charge in [0.25, 0.3) is 0 Å². The average molecular weight is 1640 g/mol. The van der Waals surface area contributed by atoms with Gasteiger partial charge in [-0.15, -0.1) is 0 Å². The van der Waals surface area contributed by atoms with Crippen LogP contribution in [0.3, 0.4) is 0 Å².